The molecule has 1 heterocycles. The summed E-state index contributed by atoms with van der Waals surface area (Å²) in [6.07, 6.45) is 2.58. The number of piperidine rings is 1. The average molecular weight is 366 g/mol. The molecule has 25 heavy (non-hydrogen) atoms. The number of nitrogens with one attached hydrogen (secondary N) is 1. The summed E-state index contributed by atoms with van der Waals surface area (Å²) in [6, 6.07) is 5.60. The number of likely N-dealkylation sites (tertiary alicyclic amines) is 1. The van der Waals surface area contributed by atoms with Crippen molar-refractivity contribution in [3.05, 3.63) is 42.5 Å². The largest absolute Gasteiger partial charge is 0.481 e. The van der Waals surface area contributed by atoms with Crippen LogP contribution in [0.2, 0.25) is 0 Å². The van der Waals surface area contributed by atoms with E-state index in [-0.39, 0.29) is 23.9 Å². The van der Waals surface area contributed by atoms with E-state index < -0.39 is 21.4 Å². The SMILES string of the molecule is C=CCNS(=O)(=O)c1ccc(C(=O)N2CCCC(C)(C(=O)O)C2)cc1. The number of amides is 1. The maximum absolute atomic E-state index is 12.6. The van der Waals surface area contributed by atoms with Gasteiger partial charge in [-0.3, -0.25) is 9.59 Å². The van der Waals surface area contributed by atoms with E-state index in [1.165, 1.54) is 35.2 Å². The molecule has 1 aromatic carbocycles. The van der Waals surface area contributed by atoms with E-state index in [1.807, 2.05) is 0 Å². The highest BCUT2D eigenvalue weighted by Crippen LogP contribution is 2.30. The number of carbonyl (C=O) groups excluding carboxylic acids is 1. The van der Waals surface area contributed by atoms with Crippen LogP contribution in [0.25, 0.3) is 0 Å². The fraction of sp³-hybridized carbons (Fsp3) is 0.412. The number of rotatable bonds is 6. The molecule has 0 aliphatic carbocycles. The Kier molecular flexibility index (Phi) is 5.64. The van der Waals surface area contributed by atoms with Crippen LogP contribution in [0.15, 0.2) is 41.8 Å². The quantitative estimate of drug-likeness (QED) is 0.742. The number of aliphatic carboxylic acids is 1. The van der Waals surface area contributed by atoms with E-state index in [0.29, 0.717) is 24.9 Å². The number of carboxylic acid groups (broad SMARTS) is 1. The molecule has 1 unspecified atom stereocenters. The van der Waals surface area contributed by atoms with Crippen LogP contribution < -0.4 is 4.72 Å². The van der Waals surface area contributed by atoms with E-state index in [4.69, 9.17) is 0 Å². The number of nitrogens with zero attached hydrogens (tertiary/aromatic N) is 1. The fourth-order valence-electron chi connectivity index (χ4n) is 2.80. The zero-order valence-corrected chi connectivity index (χ0v) is 14.9. The van der Waals surface area contributed by atoms with Gasteiger partial charge in [-0.15, -0.1) is 6.58 Å². The molecule has 1 amide bonds. The minimum atomic E-state index is -3.64. The Labute approximate surface area is 147 Å². The molecule has 1 fully saturated rings. The number of hydrogen-bond donors (Lipinski definition) is 2. The van der Waals surface area contributed by atoms with Crippen molar-refractivity contribution in [3.8, 4) is 0 Å². The molecule has 0 bridgehead atoms. The molecule has 1 aliphatic rings. The van der Waals surface area contributed by atoms with Gasteiger partial charge in [0, 0.05) is 25.2 Å². The van der Waals surface area contributed by atoms with Crippen LogP contribution in [-0.2, 0) is 14.8 Å². The smallest absolute Gasteiger partial charge is 0.311 e. The molecule has 1 saturated heterocycles. The van der Waals surface area contributed by atoms with Gasteiger partial charge in [0.25, 0.3) is 5.91 Å². The normalized spacial score (nSPS) is 20.9. The summed E-state index contributed by atoms with van der Waals surface area (Å²) in [5.41, 5.74) is -0.622. The van der Waals surface area contributed by atoms with Gasteiger partial charge in [-0.2, -0.15) is 0 Å². The Morgan fingerprint density at radius 1 is 1.36 bits per heavy atom. The number of benzene rings is 1. The molecular weight excluding hydrogens is 344 g/mol. The molecule has 136 valence electrons. The van der Waals surface area contributed by atoms with Crippen LogP contribution in [0.3, 0.4) is 0 Å². The maximum atomic E-state index is 12.6. The predicted octanol–water partition coefficient (Wildman–Crippen LogP) is 1.48. The fourth-order valence-corrected chi connectivity index (χ4v) is 3.80. The molecular formula is C17H22N2O5S. The highest BCUT2D eigenvalue weighted by atomic mass is 32.2. The minimum absolute atomic E-state index is 0.0555. The Hall–Kier alpha value is -2.19. The summed E-state index contributed by atoms with van der Waals surface area (Å²) in [6.45, 7) is 5.83. The van der Waals surface area contributed by atoms with E-state index in [1.54, 1.807) is 6.92 Å². The first-order chi connectivity index (χ1) is 11.7. The third-order valence-corrected chi connectivity index (χ3v) is 5.77. The summed E-state index contributed by atoms with van der Waals surface area (Å²) < 4.78 is 26.4. The first-order valence-electron chi connectivity index (χ1n) is 7.93. The molecule has 2 N–H and O–H groups in total. The molecule has 0 spiro atoms. The summed E-state index contributed by atoms with van der Waals surface area (Å²) in [5, 5.41) is 9.35. The van der Waals surface area contributed by atoms with Crippen molar-refractivity contribution in [1.82, 2.24) is 9.62 Å². The molecule has 0 radical (unpaired) electrons. The lowest BCUT2D eigenvalue weighted by molar-refractivity contribution is -0.150. The Bertz CT molecular complexity index is 773. The number of hydrogen-bond acceptors (Lipinski definition) is 4. The van der Waals surface area contributed by atoms with Crippen molar-refractivity contribution >= 4 is 21.9 Å². The van der Waals surface area contributed by atoms with E-state index in [9.17, 15) is 23.1 Å². The van der Waals surface area contributed by atoms with Crippen molar-refractivity contribution in [2.45, 2.75) is 24.7 Å². The van der Waals surface area contributed by atoms with Gasteiger partial charge in [-0.25, -0.2) is 13.1 Å². The van der Waals surface area contributed by atoms with E-state index >= 15 is 0 Å². The van der Waals surface area contributed by atoms with Crippen molar-refractivity contribution in [1.29, 1.82) is 0 Å². The summed E-state index contributed by atoms with van der Waals surface area (Å²) in [7, 11) is -3.64. The lowest BCUT2D eigenvalue weighted by Gasteiger charge is -2.37. The maximum Gasteiger partial charge on any atom is 0.311 e. The third-order valence-electron chi connectivity index (χ3n) is 4.33. The van der Waals surface area contributed by atoms with Gasteiger partial charge in [0.15, 0.2) is 0 Å². The molecule has 7 nitrogen and oxygen atoms in total. The lowest BCUT2D eigenvalue weighted by Crippen LogP contribution is -2.48. The first-order valence-corrected chi connectivity index (χ1v) is 9.41. The lowest BCUT2D eigenvalue weighted by atomic mass is 9.82. The summed E-state index contributed by atoms with van der Waals surface area (Å²) in [4.78, 5) is 25.6. The third kappa shape index (κ3) is 4.26. The molecule has 1 aromatic rings. The van der Waals surface area contributed by atoms with Gasteiger partial charge in [0.05, 0.1) is 10.3 Å². The summed E-state index contributed by atoms with van der Waals surface area (Å²) >= 11 is 0. The van der Waals surface area contributed by atoms with E-state index in [2.05, 4.69) is 11.3 Å². The highest BCUT2D eigenvalue weighted by Gasteiger charge is 2.39. The Morgan fingerprint density at radius 2 is 2.00 bits per heavy atom. The molecule has 0 aromatic heterocycles. The molecule has 0 saturated carbocycles. The van der Waals surface area contributed by atoms with Crippen molar-refractivity contribution in [2.75, 3.05) is 19.6 Å². The van der Waals surface area contributed by atoms with Crippen LogP contribution in [-0.4, -0.2) is 49.9 Å². The second kappa shape index (κ2) is 7.37. The van der Waals surface area contributed by atoms with Crippen LogP contribution in [0, 0.1) is 5.41 Å². The zero-order valence-electron chi connectivity index (χ0n) is 14.1. The summed E-state index contributed by atoms with van der Waals surface area (Å²) in [5.74, 6) is -1.21. The Balaban J connectivity index is 2.15. The second-order valence-electron chi connectivity index (χ2n) is 6.36. The van der Waals surface area contributed by atoms with Gasteiger partial charge < -0.3 is 10.0 Å². The van der Waals surface area contributed by atoms with Crippen LogP contribution in [0.5, 0.6) is 0 Å². The van der Waals surface area contributed by atoms with Crippen molar-refractivity contribution in [3.63, 3.8) is 0 Å². The zero-order chi connectivity index (χ0) is 18.7. The average Bonchev–Trinajstić information content (AvgIpc) is 2.59. The minimum Gasteiger partial charge on any atom is -0.481 e. The monoisotopic (exact) mass is 366 g/mol. The molecule has 1 atom stereocenters. The molecule has 2 rings (SSSR count). The second-order valence-corrected chi connectivity index (χ2v) is 8.13. The van der Waals surface area contributed by atoms with Crippen LogP contribution >= 0.6 is 0 Å². The van der Waals surface area contributed by atoms with Crippen LogP contribution in [0.4, 0.5) is 0 Å². The molecule has 8 heteroatoms. The standard InChI is InChI=1S/C17H22N2O5S/c1-3-10-18-25(23,24)14-7-5-13(6-8-14)15(20)19-11-4-9-17(2,12-19)16(21)22/h3,5-8,18H,1,4,9-12H2,2H3,(H,21,22). The predicted molar refractivity (Wildman–Crippen MR) is 92.7 cm³/mol. The van der Waals surface area contributed by atoms with Gasteiger partial charge in [-0.1, -0.05) is 6.08 Å². The van der Waals surface area contributed by atoms with Gasteiger partial charge in [0.2, 0.25) is 10.0 Å². The highest BCUT2D eigenvalue weighted by molar-refractivity contribution is 7.89. The Morgan fingerprint density at radius 3 is 2.56 bits per heavy atom. The number of sulfonamides is 1. The van der Waals surface area contributed by atoms with Gasteiger partial charge >= 0.3 is 5.97 Å². The van der Waals surface area contributed by atoms with Gasteiger partial charge in [-0.05, 0) is 44.0 Å². The first kappa shape index (κ1) is 19.1. The van der Waals surface area contributed by atoms with Crippen molar-refractivity contribution < 1.29 is 23.1 Å². The van der Waals surface area contributed by atoms with Gasteiger partial charge in [0.1, 0.15) is 0 Å². The van der Waals surface area contributed by atoms with Crippen molar-refractivity contribution in [2.24, 2.45) is 5.41 Å². The van der Waals surface area contributed by atoms with E-state index in [0.717, 1.165) is 0 Å². The van der Waals surface area contributed by atoms with Crippen LogP contribution in [0.1, 0.15) is 30.1 Å². The topological polar surface area (TPSA) is 104 Å². The number of carboxylic acids is 1. The number of carbonyl (C=O) groups is 2. The molecule has 1 aliphatic heterocycles.